The third-order valence-electron chi connectivity index (χ3n) is 3.27. The van der Waals surface area contributed by atoms with Crippen LogP contribution in [0.25, 0.3) is 5.69 Å². The number of rotatable bonds is 8. The number of aromatic nitrogens is 2. The Bertz CT molecular complexity index is 631. The second-order valence-corrected chi connectivity index (χ2v) is 7.25. The average molecular weight is 355 g/mol. The quantitative estimate of drug-likeness (QED) is 0.729. The predicted molar refractivity (Wildman–Crippen MR) is 95.7 cm³/mol. The van der Waals surface area contributed by atoms with Crippen molar-refractivity contribution in [3.8, 4) is 5.69 Å². The fourth-order valence-corrected chi connectivity index (χ4v) is 3.14. The van der Waals surface area contributed by atoms with Gasteiger partial charge in [-0.2, -0.15) is 0 Å². The minimum absolute atomic E-state index is 0.349. The van der Waals surface area contributed by atoms with Gasteiger partial charge in [-0.05, 0) is 30.5 Å². The molecule has 4 nitrogen and oxygen atoms in total. The average Bonchev–Trinajstić information content (AvgIpc) is 2.96. The molecule has 0 aliphatic heterocycles. The summed E-state index contributed by atoms with van der Waals surface area (Å²) in [5, 5.41) is 11.6. The maximum Gasteiger partial charge on any atom is 0.172 e. The van der Waals surface area contributed by atoms with Crippen molar-refractivity contribution in [2.24, 2.45) is 5.92 Å². The first-order chi connectivity index (χ1) is 11.0. The normalized spacial score (nSPS) is 12.8. The molecule has 6 heteroatoms. The van der Waals surface area contributed by atoms with Gasteiger partial charge in [0.1, 0.15) is 0 Å². The van der Waals surface area contributed by atoms with Crippen molar-refractivity contribution in [3.63, 3.8) is 0 Å². The number of aliphatic hydroxyl groups excluding tert-OH is 1. The van der Waals surface area contributed by atoms with Gasteiger partial charge in [0.2, 0.25) is 0 Å². The topological polar surface area (TPSA) is 47.3 Å². The second kappa shape index (κ2) is 8.73. The van der Waals surface area contributed by atoms with Gasteiger partial charge in [-0.1, -0.05) is 43.3 Å². The number of nitrogens with zero attached hydrogens (tertiary/aromatic N) is 2. The molecule has 1 aromatic heterocycles. The molecular formula is C17H23ClN2O2S. The molecule has 1 atom stereocenters. The van der Waals surface area contributed by atoms with Gasteiger partial charge in [0, 0.05) is 29.8 Å². The standard InChI is InChI=1S/C17H23ClN2O2S/c1-12(2)9-22-10-14(21)11-23-17-19-7-8-20(17)16-6-4-5-15(18)13(16)3/h4-8,12,14,21H,9-11H2,1-3H3. The van der Waals surface area contributed by atoms with E-state index in [0.717, 1.165) is 21.4 Å². The SMILES string of the molecule is Cc1c(Cl)cccc1-n1ccnc1SCC(O)COCC(C)C. The Morgan fingerprint density at radius 2 is 2.13 bits per heavy atom. The Kier molecular flexibility index (Phi) is 6.96. The summed E-state index contributed by atoms with van der Waals surface area (Å²) >= 11 is 7.71. The molecule has 0 bridgehead atoms. The van der Waals surface area contributed by atoms with Crippen LogP contribution in [0.15, 0.2) is 35.7 Å². The van der Waals surface area contributed by atoms with E-state index >= 15 is 0 Å². The lowest BCUT2D eigenvalue weighted by Gasteiger charge is -2.14. The maximum atomic E-state index is 10.0. The largest absolute Gasteiger partial charge is 0.390 e. The molecule has 0 aliphatic carbocycles. The lowest BCUT2D eigenvalue weighted by atomic mass is 10.2. The third-order valence-corrected chi connectivity index (χ3v) is 4.79. The summed E-state index contributed by atoms with van der Waals surface area (Å²) in [4.78, 5) is 4.37. The van der Waals surface area contributed by atoms with Crippen molar-refractivity contribution in [3.05, 3.63) is 41.2 Å². The number of thioether (sulfide) groups is 1. The molecule has 1 heterocycles. The van der Waals surface area contributed by atoms with Crippen LogP contribution in [0.5, 0.6) is 0 Å². The minimum atomic E-state index is -0.510. The van der Waals surface area contributed by atoms with E-state index in [4.69, 9.17) is 16.3 Å². The van der Waals surface area contributed by atoms with Gasteiger partial charge in [0.15, 0.2) is 5.16 Å². The molecule has 0 radical (unpaired) electrons. The summed E-state index contributed by atoms with van der Waals surface area (Å²) in [6, 6.07) is 5.81. The Morgan fingerprint density at radius 3 is 2.87 bits per heavy atom. The number of aliphatic hydroxyl groups is 1. The van der Waals surface area contributed by atoms with Crippen molar-refractivity contribution < 1.29 is 9.84 Å². The van der Waals surface area contributed by atoms with E-state index in [-0.39, 0.29) is 0 Å². The molecule has 0 aliphatic rings. The van der Waals surface area contributed by atoms with E-state index < -0.39 is 6.10 Å². The monoisotopic (exact) mass is 354 g/mol. The summed E-state index contributed by atoms with van der Waals surface area (Å²) in [6.07, 6.45) is 3.15. The molecule has 2 aromatic rings. The minimum Gasteiger partial charge on any atom is -0.390 e. The Balaban J connectivity index is 1.98. The second-order valence-electron chi connectivity index (χ2n) is 5.86. The van der Waals surface area contributed by atoms with Gasteiger partial charge >= 0.3 is 0 Å². The van der Waals surface area contributed by atoms with E-state index in [1.54, 1.807) is 6.20 Å². The summed E-state index contributed by atoms with van der Waals surface area (Å²) in [6.45, 7) is 7.18. The summed E-state index contributed by atoms with van der Waals surface area (Å²) in [5.41, 5.74) is 2.01. The Labute approximate surface area is 146 Å². The van der Waals surface area contributed by atoms with Crippen molar-refractivity contribution in [1.82, 2.24) is 9.55 Å². The van der Waals surface area contributed by atoms with Crippen LogP contribution in [-0.2, 0) is 4.74 Å². The highest BCUT2D eigenvalue weighted by Crippen LogP contribution is 2.26. The van der Waals surface area contributed by atoms with E-state index in [9.17, 15) is 5.11 Å². The zero-order chi connectivity index (χ0) is 16.8. The molecule has 0 spiro atoms. The predicted octanol–water partition coefficient (Wildman–Crippen LogP) is 3.96. The summed E-state index contributed by atoms with van der Waals surface area (Å²) in [5.74, 6) is 1.01. The molecule has 23 heavy (non-hydrogen) atoms. The van der Waals surface area contributed by atoms with Gasteiger partial charge in [0.25, 0.3) is 0 Å². The fourth-order valence-electron chi connectivity index (χ4n) is 2.10. The fraction of sp³-hybridized carbons (Fsp3) is 0.471. The molecule has 1 unspecified atom stereocenters. The van der Waals surface area contributed by atoms with Crippen LogP contribution in [0.1, 0.15) is 19.4 Å². The lowest BCUT2D eigenvalue weighted by molar-refractivity contribution is 0.0364. The van der Waals surface area contributed by atoms with Gasteiger partial charge < -0.3 is 9.84 Å². The first kappa shape index (κ1) is 18.3. The van der Waals surface area contributed by atoms with Crippen LogP contribution < -0.4 is 0 Å². The van der Waals surface area contributed by atoms with Gasteiger partial charge in [-0.15, -0.1) is 0 Å². The lowest BCUT2D eigenvalue weighted by Crippen LogP contribution is -2.19. The molecule has 0 amide bonds. The van der Waals surface area contributed by atoms with Crippen molar-refractivity contribution in [2.45, 2.75) is 32.0 Å². The number of hydrogen-bond acceptors (Lipinski definition) is 4. The van der Waals surface area contributed by atoms with Crippen molar-refractivity contribution in [2.75, 3.05) is 19.0 Å². The maximum absolute atomic E-state index is 10.0. The van der Waals surface area contributed by atoms with E-state index in [1.807, 2.05) is 35.9 Å². The van der Waals surface area contributed by atoms with Gasteiger partial charge in [-0.3, -0.25) is 4.57 Å². The van der Waals surface area contributed by atoms with Gasteiger partial charge in [0.05, 0.1) is 18.4 Å². The highest BCUT2D eigenvalue weighted by Gasteiger charge is 2.12. The molecule has 2 rings (SSSR count). The third kappa shape index (κ3) is 5.24. The number of hydrogen-bond donors (Lipinski definition) is 1. The van der Waals surface area contributed by atoms with Crippen LogP contribution >= 0.6 is 23.4 Å². The van der Waals surface area contributed by atoms with E-state index in [1.165, 1.54) is 11.8 Å². The van der Waals surface area contributed by atoms with Crippen molar-refractivity contribution in [1.29, 1.82) is 0 Å². The van der Waals surface area contributed by atoms with Crippen LogP contribution in [-0.4, -0.2) is 39.7 Å². The summed E-state index contributed by atoms with van der Waals surface area (Å²) < 4.78 is 7.46. The zero-order valence-electron chi connectivity index (χ0n) is 13.7. The molecule has 1 N–H and O–H groups in total. The van der Waals surface area contributed by atoms with Crippen molar-refractivity contribution >= 4 is 23.4 Å². The number of benzene rings is 1. The molecule has 1 aromatic carbocycles. The molecule has 126 valence electrons. The Morgan fingerprint density at radius 1 is 1.35 bits per heavy atom. The molecule has 0 saturated carbocycles. The first-order valence-electron chi connectivity index (χ1n) is 7.66. The smallest absolute Gasteiger partial charge is 0.172 e. The van der Waals surface area contributed by atoms with Crippen LogP contribution in [0, 0.1) is 12.8 Å². The highest BCUT2D eigenvalue weighted by atomic mass is 35.5. The number of halogens is 1. The van der Waals surface area contributed by atoms with Crippen LogP contribution in [0.2, 0.25) is 5.02 Å². The molecule has 0 fully saturated rings. The number of ether oxygens (including phenoxy) is 1. The van der Waals surface area contributed by atoms with Gasteiger partial charge in [-0.25, -0.2) is 4.98 Å². The summed E-state index contributed by atoms with van der Waals surface area (Å²) in [7, 11) is 0. The number of imidazole rings is 1. The van der Waals surface area contributed by atoms with Crippen LogP contribution in [0.4, 0.5) is 0 Å². The Hall–Kier alpha value is -1.01. The highest BCUT2D eigenvalue weighted by molar-refractivity contribution is 7.99. The van der Waals surface area contributed by atoms with E-state index in [0.29, 0.717) is 24.9 Å². The zero-order valence-corrected chi connectivity index (χ0v) is 15.3. The molecular weight excluding hydrogens is 332 g/mol. The molecule has 0 saturated heterocycles. The first-order valence-corrected chi connectivity index (χ1v) is 9.02. The van der Waals surface area contributed by atoms with E-state index in [2.05, 4.69) is 18.8 Å². The van der Waals surface area contributed by atoms with Crippen LogP contribution in [0.3, 0.4) is 0 Å².